The van der Waals surface area contributed by atoms with Gasteiger partial charge < -0.3 is 15.4 Å². The number of fused-ring (bicyclic) bond motifs is 1. The third-order valence-electron chi connectivity index (χ3n) is 7.78. The van der Waals surface area contributed by atoms with Crippen molar-refractivity contribution in [1.29, 1.82) is 0 Å². The minimum Gasteiger partial charge on any atom is -0.379 e. The van der Waals surface area contributed by atoms with E-state index in [0.717, 1.165) is 59.6 Å². The molecule has 4 aromatic rings. The maximum atomic E-state index is 13.8. The largest absolute Gasteiger partial charge is 0.379 e. The minimum atomic E-state index is -0.474. The van der Waals surface area contributed by atoms with Crippen molar-refractivity contribution in [3.05, 3.63) is 87.8 Å². The van der Waals surface area contributed by atoms with Crippen LogP contribution < -0.4 is 16.2 Å². The zero-order chi connectivity index (χ0) is 30.5. The van der Waals surface area contributed by atoms with Gasteiger partial charge >= 0.3 is 6.03 Å². The Morgan fingerprint density at radius 3 is 2.33 bits per heavy atom. The number of carbonyl (C=O) groups is 1. The van der Waals surface area contributed by atoms with E-state index >= 15 is 0 Å². The van der Waals surface area contributed by atoms with E-state index in [9.17, 15) is 9.59 Å². The number of carbonyl (C=O) groups excluding carboxylic acids is 1. The zero-order valence-corrected chi connectivity index (χ0v) is 25.5. The van der Waals surface area contributed by atoms with Crippen molar-refractivity contribution in [3.63, 3.8) is 0 Å². The first-order chi connectivity index (χ1) is 20.7. The quantitative estimate of drug-likeness (QED) is 0.268. The molecule has 0 aliphatic carbocycles. The molecular weight excluding hydrogens is 538 g/mol. The Labute approximate surface area is 253 Å². The standard InChI is InChI=1S/C35H39N5O3/c1-23(2)27-13-7-14-28(24(3)4)31(27)37-35(42)38-32-30(29-15-8-16-36-33(29)39(5)34(32)41)26-12-6-10-25(22-26)11-9-17-40-18-20-43-21-19-40/h6-8,10,12-16,22-24H,17-21H2,1-5H3,(H2,37,38,42). The summed E-state index contributed by atoms with van der Waals surface area (Å²) in [5, 5.41) is 6.77. The molecule has 1 aliphatic rings. The first-order valence-electron chi connectivity index (χ1n) is 14.8. The van der Waals surface area contributed by atoms with Gasteiger partial charge in [-0.25, -0.2) is 9.78 Å². The molecule has 8 heteroatoms. The molecular formula is C35H39N5O3. The number of hydrogen-bond acceptors (Lipinski definition) is 5. The molecule has 0 atom stereocenters. The van der Waals surface area contributed by atoms with Crippen molar-refractivity contribution < 1.29 is 9.53 Å². The van der Waals surface area contributed by atoms with Crippen LogP contribution in [0.1, 0.15) is 56.2 Å². The third-order valence-corrected chi connectivity index (χ3v) is 7.78. The number of urea groups is 1. The summed E-state index contributed by atoms with van der Waals surface area (Å²) in [5.74, 6) is 6.95. The predicted octanol–water partition coefficient (Wildman–Crippen LogP) is 6.18. The summed E-state index contributed by atoms with van der Waals surface area (Å²) in [6, 6.07) is 17.1. The average Bonchev–Trinajstić information content (AvgIpc) is 3.00. The maximum absolute atomic E-state index is 13.8. The molecule has 0 radical (unpaired) electrons. The molecule has 0 unspecified atom stereocenters. The van der Waals surface area contributed by atoms with E-state index in [-0.39, 0.29) is 23.1 Å². The lowest BCUT2D eigenvalue weighted by atomic mass is 9.93. The highest BCUT2D eigenvalue weighted by atomic mass is 16.5. The van der Waals surface area contributed by atoms with Crippen LogP contribution in [0.5, 0.6) is 0 Å². The maximum Gasteiger partial charge on any atom is 0.323 e. The minimum absolute atomic E-state index is 0.187. The van der Waals surface area contributed by atoms with Crippen molar-refractivity contribution >= 4 is 28.4 Å². The highest BCUT2D eigenvalue weighted by molar-refractivity contribution is 6.07. The summed E-state index contributed by atoms with van der Waals surface area (Å²) in [4.78, 5) is 34.2. The van der Waals surface area contributed by atoms with Gasteiger partial charge in [-0.1, -0.05) is 69.9 Å². The Hall–Kier alpha value is -4.45. The Bertz CT molecular complexity index is 1730. The Morgan fingerprint density at radius 1 is 0.953 bits per heavy atom. The van der Waals surface area contributed by atoms with Crippen LogP contribution in [0.2, 0.25) is 0 Å². The highest BCUT2D eigenvalue weighted by Gasteiger charge is 2.22. The molecule has 2 aromatic carbocycles. The number of hydrogen-bond donors (Lipinski definition) is 2. The van der Waals surface area contributed by atoms with Crippen LogP contribution in [0.25, 0.3) is 22.2 Å². The van der Waals surface area contributed by atoms with Crippen LogP contribution in [0.4, 0.5) is 16.2 Å². The number of para-hydroxylation sites is 1. The lowest BCUT2D eigenvalue weighted by Gasteiger charge is -2.24. The van der Waals surface area contributed by atoms with E-state index < -0.39 is 6.03 Å². The van der Waals surface area contributed by atoms with E-state index in [0.29, 0.717) is 17.8 Å². The Morgan fingerprint density at radius 2 is 1.63 bits per heavy atom. The number of ether oxygens (including phenoxy) is 1. The molecule has 5 rings (SSSR count). The third kappa shape index (κ3) is 6.64. The molecule has 0 spiro atoms. The van der Waals surface area contributed by atoms with Crippen molar-refractivity contribution in [3.8, 4) is 23.0 Å². The Kier molecular flexibility index (Phi) is 9.24. The van der Waals surface area contributed by atoms with Crippen LogP contribution in [0.15, 0.2) is 65.6 Å². The normalized spacial score (nSPS) is 13.7. The second-order valence-corrected chi connectivity index (χ2v) is 11.5. The number of aryl methyl sites for hydroxylation is 1. The van der Waals surface area contributed by atoms with Gasteiger partial charge in [0, 0.05) is 48.5 Å². The fourth-order valence-electron chi connectivity index (χ4n) is 5.50. The SMILES string of the molecule is CC(C)c1cccc(C(C)C)c1NC(=O)Nc1c(-c2cccc(C#CCN3CCOCC3)c2)c2cccnc2n(C)c1=O. The molecule has 2 aromatic heterocycles. The van der Waals surface area contributed by atoms with E-state index in [1.807, 2.05) is 54.6 Å². The molecule has 43 heavy (non-hydrogen) atoms. The number of aromatic nitrogens is 2. The fourth-order valence-corrected chi connectivity index (χ4v) is 5.50. The summed E-state index contributed by atoms with van der Waals surface area (Å²) >= 11 is 0. The number of nitrogens with zero attached hydrogens (tertiary/aromatic N) is 3. The molecule has 1 aliphatic heterocycles. The lowest BCUT2D eigenvalue weighted by Crippen LogP contribution is -2.36. The lowest BCUT2D eigenvalue weighted by molar-refractivity contribution is 0.0443. The van der Waals surface area contributed by atoms with Gasteiger partial charge in [0.25, 0.3) is 5.56 Å². The van der Waals surface area contributed by atoms with Crippen LogP contribution >= 0.6 is 0 Å². The number of rotatable bonds is 6. The average molecular weight is 578 g/mol. The van der Waals surface area contributed by atoms with E-state index in [2.05, 4.69) is 60.1 Å². The van der Waals surface area contributed by atoms with Gasteiger partial charge in [-0.05, 0) is 52.8 Å². The van der Waals surface area contributed by atoms with Crippen LogP contribution in [-0.4, -0.2) is 53.3 Å². The van der Waals surface area contributed by atoms with E-state index in [1.54, 1.807) is 13.2 Å². The van der Waals surface area contributed by atoms with Crippen molar-refractivity contribution in [2.24, 2.45) is 7.05 Å². The summed E-state index contributed by atoms with van der Waals surface area (Å²) in [5.41, 5.74) is 5.45. The number of benzene rings is 2. The van der Waals surface area contributed by atoms with Gasteiger partial charge in [0.05, 0.1) is 19.8 Å². The molecule has 3 heterocycles. The highest BCUT2D eigenvalue weighted by Crippen LogP contribution is 2.35. The molecule has 2 N–H and O–H groups in total. The summed E-state index contributed by atoms with van der Waals surface area (Å²) < 4.78 is 6.90. The molecule has 2 amide bonds. The zero-order valence-electron chi connectivity index (χ0n) is 25.5. The predicted molar refractivity (Wildman–Crippen MR) is 174 cm³/mol. The number of nitrogens with one attached hydrogen (secondary N) is 2. The molecule has 8 nitrogen and oxygen atoms in total. The van der Waals surface area contributed by atoms with Gasteiger partial charge in [0.15, 0.2) is 0 Å². The summed E-state index contributed by atoms with van der Waals surface area (Å²) in [7, 11) is 1.67. The van der Waals surface area contributed by atoms with Crippen molar-refractivity contribution in [2.45, 2.75) is 39.5 Å². The van der Waals surface area contributed by atoms with Crippen LogP contribution in [0, 0.1) is 11.8 Å². The molecule has 0 saturated carbocycles. The molecule has 0 bridgehead atoms. The molecule has 222 valence electrons. The monoisotopic (exact) mass is 577 g/mol. The topological polar surface area (TPSA) is 88.5 Å². The second-order valence-electron chi connectivity index (χ2n) is 11.5. The molecule has 1 saturated heterocycles. The number of pyridine rings is 2. The van der Waals surface area contributed by atoms with Crippen LogP contribution in [0.3, 0.4) is 0 Å². The van der Waals surface area contributed by atoms with Gasteiger partial charge in [-0.3, -0.25) is 14.3 Å². The van der Waals surface area contributed by atoms with Gasteiger partial charge in [-0.15, -0.1) is 0 Å². The van der Waals surface area contributed by atoms with Gasteiger partial charge in [0.2, 0.25) is 0 Å². The van der Waals surface area contributed by atoms with E-state index in [1.165, 1.54) is 4.57 Å². The smallest absolute Gasteiger partial charge is 0.323 e. The van der Waals surface area contributed by atoms with Gasteiger partial charge in [0.1, 0.15) is 11.3 Å². The Balaban J connectivity index is 1.55. The first kappa shape index (κ1) is 30.0. The summed E-state index contributed by atoms with van der Waals surface area (Å²) in [6.45, 7) is 12.3. The van der Waals surface area contributed by atoms with Gasteiger partial charge in [-0.2, -0.15) is 0 Å². The number of amides is 2. The van der Waals surface area contributed by atoms with E-state index in [4.69, 9.17) is 4.74 Å². The molecule has 1 fully saturated rings. The van der Waals surface area contributed by atoms with Crippen molar-refractivity contribution in [2.75, 3.05) is 43.5 Å². The summed E-state index contributed by atoms with van der Waals surface area (Å²) in [6.07, 6.45) is 1.66. The number of anilines is 2. The van der Waals surface area contributed by atoms with Crippen molar-refractivity contribution in [1.82, 2.24) is 14.5 Å². The first-order valence-corrected chi connectivity index (χ1v) is 14.8. The number of morpholine rings is 1. The fraction of sp³-hybridized carbons (Fsp3) is 0.343. The second kappa shape index (κ2) is 13.2. The van der Waals surface area contributed by atoms with Crippen LogP contribution in [-0.2, 0) is 11.8 Å².